The Morgan fingerprint density at radius 3 is 2.14 bits per heavy atom. The number of amides is 3. The van der Waals surface area contributed by atoms with Gasteiger partial charge in [0, 0.05) is 12.8 Å². The summed E-state index contributed by atoms with van der Waals surface area (Å²) in [6.45, 7) is 3.43. The van der Waals surface area contributed by atoms with Gasteiger partial charge in [-0.05, 0) is 17.9 Å². The maximum atomic E-state index is 12.6. The second kappa shape index (κ2) is 11.0. The zero-order chi connectivity index (χ0) is 21.3. The molecular formula is C19H28N4O5. The van der Waals surface area contributed by atoms with Crippen LogP contribution in [0.5, 0.6) is 0 Å². The van der Waals surface area contributed by atoms with Crippen molar-refractivity contribution in [3.8, 4) is 0 Å². The minimum atomic E-state index is -1.18. The van der Waals surface area contributed by atoms with E-state index < -0.39 is 41.8 Å². The van der Waals surface area contributed by atoms with Gasteiger partial charge in [-0.2, -0.15) is 0 Å². The third-order valence-corrected chi connectivity index (χ3v) is 4.18. The second-order valence-corrected chi connectivity index (χ2v) is 6.93. The molecule has 1 rings (SSSR count). The molecule has 0 aromatic heterocycles. The number of carboxylic acids is 1. The SMILES string of the molecule is CC(C)[C@H](NC(=O)[C@@H](N)CCC(N)=O)C(=O)N[C@@H](Cc1ccccc1)C(=O)O. The van der Waals surface area contributed by atoms with Crippen LogP contribution in [-0.2, 0) is 25.6 Å². The van der Waals surface area contributed by atoms with E-state index in [0.717, 1.165) is 5.56 Å². The van der Waals surface area contributed by atoms with Gasteiger partial charge in [-0.1, -0.05) is 44.2 Å². The van der Waals surface area contributed by atoms with Crippen molar-refractivity contribution in [1.29, 1.82) is 0 Å². The zero-order valence-corrected chi connectivity index (χ0v) is 16.1. The quantitative estimate of drug-likeness (QED) is 0.342. The summed E-state index contributed by atoms with van der Waals surface area (Å²) < 4.78 is 0. The van der Waals surface area contributed by atoms with Crippen LogP contribution in [0, 0.1) is 5.92 Å². The van der Waals surface area contributed by atoms with Crippen molar-refractivity contribution < 1.29 is 24.3 Å². The lowest BCUT2D eigenvalue weighted by atomic mass is 10.0. The highest BCUT2D eigenvalue weighted by Gasteiger charge is 2.30. The monoisotopic (exact) mass is 392 g/mol. The number of benzene rings is 1. The molecule has 0 bridgehead atoms. The molecular weight excluding hydrogens is 364 g/mol. The molecule has 0 radical (unpaired) electrons. The molecule has 0 aliphatic heterocycles. The lowest BCUT2D eigenvalue weighted by molar-refractivity contribution is -0.142. The van der Waals surface area contributed by atoms with Gasteiger partial charge in [0.25, 0.3) is 0 Å². The maximum Gasteiger partial charge on any atom is 0.326 e. The van der Waals surface area contributed by atoms with Crippen LogP contribution in [0.25, 0.3) is 0 Å². The number of primary amides is 1. The Hall–Kier alpha value is -2.94. The summed E-state index contributed by atoms with van der Waals surface area (Å²) in [5.74, 6) is -3.28. The highest BCUT2D eigenvalue weighted by Crippen LogP contribution is 2.07. The lowest BCUT2D eigenvalue weighted by Gasteiger charge is -2.25. The average Bonchev–Trinajstić information content (AvgIpc) is 2.63. The standard InChI is InChI=1S/C19H28N4O5/c1-11(2)16(23-17(25)13(20)8-9-15(21)24)18(26)22-14(19(27)28)10-12-6-4-3-5-7-12/h3-7,11,13-14,16H,8-10,20H2,1-2H3,(H2,21,24)(H,22,26)(H,23,25)(H,27,28)/t13-,14-,16-/m0/s1. The summed E-state index contributed by atoms with van der Waals surface area (Å²) in [7, 11) is 0. The number of carbonyl (C=O) groups is 4. The summed E-state index contributed by atoms with van der Waals surface area (Å²) >= 11 is 0. The number of hydrogen-bond acceptors (Lipinski definition) is 5. The van der Waals surface area contributed by atoms with E-state index in [4.69, 9.17) is 11.5 Å². The Morgan fingerprint density at radius 1 is 1.04 bits per heavy atom. The van der Waals surface area contributed by atoms with Crippen molar-refractivity contribution in [2.24, 2.45) is 17.4 Å². The lowest BCUT2D eigenvalue weighted by Crippen LogP contribution is -2.56. The fourth-order valence-corrected chi connectivity index (χ4v) is 2.54. The van der Waals surface area contributed by atoms with Crippen molar-refractivity contribution >= 4 is 23.7 Å². The predicted octanol–water partition coefficient (Wildman–Crippen LogP) is -0.468. The first-order valence-electron chi connectivity index (χ1n) is 9.03. The maximum absolute atomic E-state index is 12.6. The third kappa shape index (κ3) is 7.75. The molecule has 0 saturated heterocycles. The first kappa shape index (κ1) is 23.1. The Morgan fingerprint density at radius 2 is 1.64 bits per heavy atom. The molecule has 0 unspecified atom stereocenters. The number of nitrogens with two attached hydrogens (primary N) is 2. The molecule has 0 fully saturated rings. The van der Waals surface area contributed by atoms with Gasteiger partial charge in [-0.25, -0.2) is 4.79 Å². The molecule has 1 aromatic rings. The van der Waals surface area contributed by atoms with Crippen LogP contribution in [0.4, 0.5) is 0 Å². The zero-order valence-electron chi connectivity index (χ0n) is 16.1. The van der Waals surface area contributed by atoms with Gasteiger partial charge in [-0.15, -0.1) is 0 Å². The predicted molar refractivity (Wildman–Crippen MR) is 103 cm³/mol. The van der Waals surface area contributed by atoms with E-state index in [9.17, 15) is 24.3 Å². The molecule has 0 spiro atoms. The minimum Gasteiger partial charge on any atom is -0.480 e. The molecule has 9 nitrogen and oxygen atoms in total. The fraction of sp³-hybridized carbons (Fsp3) is 0.474. The van der Waals surface area contributed by atoms with E-state index in [1.54, 1.807) is 38.1 Å². The Kier molecular flexibility index (Phi) is 9.10. The average molecular weight is 392 g/mol. The Balaban J connectivity index is 2.77. The number of carbonyl (C=O) groups excluding carboxylic acids is 3. The van der Waals surface area contributed by atoms with Gasteiger partial charge in [0.15, 0.2) is 0 Å². The summed E-state index contributed by atoms with van der Waals surface area (Å²) in [5, 5.41) is 14.4. The first-order chi connectivity index (χ1) is 13.1. The molecule has 0 heterocycles. The number of hydrogen-bond donors (Lipinski definition) is 5. The van der Waals surface area contributed by atoms with Gasteiger partial charge in [-0.3, -0.25) is 14.4 Å². The van der Waals surface area contributed by atoms with Gasteiger partial charge in [0.05, 0.1) is 6.04 Å². The highest BCUT2D eigenvalue weighted by atomic mass is 16.4. The van der Waals surface area contributed by atoms with E-state index in [0.29, 0.717) is 0 Å². The summed E-state index contributed by atoms with van der Waals surface area (Å²) in [6.07, 6.45) is 0.115. The Labute approximate surface area is 163 Å². The van der Waals surface area contributed by atoms with Crippen molar-refractivity contribution in [2.45, 2.75) is 51.2 Å². The third-order valence-electron chi connectivity index (χ3n) is 4.18. The van der Waals surface area contributed by atoms with E-state index >= 15 is 0 Å². The first-order valence-corrected chi connectivity index (χ1v) is 9.03. The van der Waals surface area contributed by atoms with E-state index in [2.05, 4.69) is 10.6 Å². The molecule has 3 amide bonds. The molecule has 7 N–H and O–H groups in total. The van der Waals surface area contributed by atoms with Gasteiger partial charge < -0.3 is 27.2 Å². The van der Waals surface area contributed by atoms with Crippen LogP contribution in [0.15, 0.2) is 30.3 Å². The number of aliphatic carboxylic acids is 1. The number of rotatable bonds is 11. The van der Waals surface area contributed by atoms with Crippen molar-refractivity contribution in [1.82, 2.24) is 10.6 Å². The second-order valence-electron chi connectivity index (χ2n) is 6.93. The van der Waals surface area contributed by atoms with E-state index in [-0.39, 0.29) is 25.2 Å². The van der Waals surface area contributed by atoms with Crippen molar-refractivity contribution in [2.75, 3.05) is 0 Å². The molecule has 0 aliphatic carbocycles. The van der Waals surface area contributed by atoms with E-state index in [1.165, 1.54) is 0 Å². The van der Waals surface area contributed by atoms with Gasteiger partial charge >= 0.3 is 5.97 Å². The Bertz CT molecular complexity index is 693. The topological polar surface area (TPSA) is 165 Å². The number of nitrogens with one attached hydrogen (secondary N) is 2. The minimum absolute atomic E-state index is 0.0503. The van der Waals surface area contributed by atoms with Crippen molar-refractivity contribution in [3.63, 3.8) is 0 Å². The fourth-order valence-electron chi connectivity index (χ4n) is 2.54. The van der Waals surface area contributed by atoms with Gasteiger partial charge in [0.1, 0.15) is 12.1 Å². The van der Waals surface area contributed by atoms with Gasteiger partial charge in [0.2, 0.25) is 17.7 Å². The molecule has 3 atom stereocenters. The number of carboxylic acid groups (broad SMARTS) is 1. The van der Waals surface area contributed by atoms with Crippen LogP contribution >= 0.6 is 0 Å². The highest BCUT2D eigenvalue weighted by molar-refractivity contribution is 5.92. The van der Waals surface area contributed by atoms with Crippen LogP contribution in [0.1, 0.15) is 32.3 Å². The van der Waals surface area contributed by atoms with Crippen LogP contribution in [0.3, 0.4) is 0 Å². The summed E-state index contributed by atoms with van der Waals surface area (Å²) in [5.41, 5.74) is 11.5. The van der Waals surface area contributed by atoms with Crippen LogP contribution in [-0.4, -0.2) is 46.9 Å². The molecule has 1 aromatic carbocycles. The van der Waals surface area contributed by atoms with Crippen molar-refractivity contribution in [3.05, 3.63) is 35.9 Å². The van der Waals surface area contributed by atoms with E-state index in [1.807, 2.05) is 6.07 Å². The summed E-state index contributed by atoms with van der Waals surface area (Å²) in [6, 6.07) is 5.79. The molecule has 28 heavy (non-hydrogen) atoms. The smallest absolute Gasteiger partial charge is 0.326 e. The normalized spacial score (nSPS) is 14.0. The molecule has 9 heteroatoms. The molecule has 0 saturated carbocycles. The van der Waals surface area contributed by atoms with Crippen LogP contribution < -0.4 is 22.1 Å². The molecule has 0 aliphatic rings. The summed E-state index contributed by atoms with van der Waals surface area (Å²) in [4.78, 5) is 47.2. The molecule has 154 valence electrons. The van der Waals surface area contributed by atoms with Crippen LogP contribution in [0.2, 0.25) is 0 Å². The largest absolute Gasteiger partial charge is 0.480 e.